The van der Waals surface area contributed by atoms with Crippen LogP contribution in [0.2, 0.25) is 0 Å². The number of esters is 1. The largest absolute Gasteiger partial charge is 0.462 e. The highest BCUT2D eigenvalue weighted by atomic mass is 16.6. The van der Waals surface area contributed by atoms with Crippen LogP contribution in [0.25, 0.3) is 0 Å². The molecule has 0 bridgehead atoms. The Kier molecular flexibility index (Phi) is 3.91. The summed E-state index contributed by atoms with van der Waals surface area (Å²) in [4.78, 5) is 10.5. The monoisotopic (exact) mass is 212 g/mol. The maximum absolute atomic E-state index is 10.5. The molecule has 1 atom stereocenters. The summed E-state index contributed by atoms with van der Waals surface area (Å²) in [5.74, 6) is -0.231. The van der Waals surface area contributed by atoms with Crippen LogP contribution in [0.1, 0.15) is 40.5 Å². The molecule has 0 aromatic heterocycles. The molecule has 0 amide bonds. The Labute approximate surface area is 91.4 Å². The first-order valence-electron chi connectivity index (χ1n) is 5.38. The van der Waals surface area contributed by atoms with Crippen LogP contribution in [0.4, 0.5) is 0 Å². The number of carbonyl (C=O) groups is 1. The van der Waals surface area contributed by atoms with E-state index >= 15 is 0 Å². The first-order chi connectivity index (χ1) is 6.92. The molecule has 3 nitrogen and oxygen atoms in total. The van der Waals surface area contributed by atoms with E-state index in [1.54, 1.807) is 0 Å². The van der Waals surface area contributed by atoms with Gasteiger partial charge >= 0.3 is 5.97 Å². The molecule has 0 aromatic rings. The molecule has 15 heavy (non-hydrogen) atoms. The average molecular weight is 212 g/mol. The smallest absolute Gasteiger partial charge is 0.302 e. The summed E-state index contributed by atoms with van der Waals surface area (Å²) < 4.78 is 10.3. The molecule has 1 fully saturated rings. The third-order valence-corrected chi connectivity index (χ3v) is 2.68. The highest BCUT2D eigenvalue weighted by molar-refractivity contribution is 5.66. The molecule has 0 unspecified atom stereocenters. The van der Waals surface area contributed by atoms with E-state index in [9.17, 15) is 4.79 Å². The van der Waals surface area contributed by atoms with Gasteiger partial charge in [-0.1, -0.05) is 5.57 Å². The topological polar surface area (TPSA) is 38.8 Å². The Balaban J connectivity index is 2.13. The summed E-state index contributed by atoms with van der Waals surface area (Å²) in [5.41, 5.74) is 1.33. The molecule has 1 aliphatic heterocycles. The molecular weight excluding hydrogens is 192 g/mol. The summed E-state index contributed by atoms with van der Waals surface area (Å²) in [6.45, 7) is 8.07. The van der Waals surface area contributed by atoms with Crippen molar-refractivity contribution in [2.24, 2.45) is 0 Å². The zero-order valence-corrected chi connectivity index (χ0v) is 10.0. The van der Waals surface area contributed by atoms with Crippen LogP contribution in [0.3, 0.4) is 0 Å². The van der Waals surface area contributed by atoms with Crippen LogP contribution in [-0.2, 0) is 14.3 Å². The lowest BCUT2D eigenvalue weighted by molar-refractivity contribution is -0.139. The van der Waals surface area contributed by atoms with Crippen molar-refractivity contribution in [3.8, 4) is 0 Å². The van der Waals surface area contributed by atoms with E-state index in [2.05, 4.69) is 20.8 Å². The lowest BCUT2D eigenvalue weighted by Crippen LogP contribution is -2.03. The van der Waals surface area contributed by atoms with Crippen molar-refractivity contribution in [2.75, 3.05) is 6.61 Å². The van der Waals surface area contributed by atoms with Gasteiger partial charge in [-0.05, 0) is 39.7 Å². The summed E-state index contributed by atoms with van der Waals surface area (Å²) in [6.07, 6.45) is 4.41. The van der Waals surface area contributed by atoms with Gasteiger partial charge in [-0.3, -0.25) is 4.79 Å². The van der Waals surface area contributed by atoms with E-state index in [1.165, 1.54) is 12.5 Å². The lowest BCUT2D eigenvalue weighted by Gasteiger charge is -2.01. The van der Waals surface area contributed by atoms with Gasteiger partial charge in [0.15, 0.2) is 0 Å². The van der Waals surface area contributed by atoms with Crippen molar-refractivity contribution >= 4 is 5.97 Å². The van der Waals surface area contributed by atoms with Crippen molar-refractivity contribution < 1.29 is 14.3 Å². The quantitative estimate of drug-likeness (QED) is 0.399. The van der Waals surface area contributed by atoms with Crippen molar-refractivity contribution in [3.05, 3.63) is 11.6 Å². The second-order valence-corrected chi connectivity index (χ2v) is 4.60. The maximum Gasteiger partial charge on any atom is 0.302 e. The second kappa shape index (κ2) is 4.79. The maximum atomic E-state index is 10.5. The molecule has 0 spiro atoms. The molecule has 0 aliphatic carbocycles. The molecule has 3 heteroatoms. The van der Waals surface area contributed by atoms with E-state index in [4.69, 9.17) is 9.47 Å². The number of ether oxygens (including phenoxy) is 2. The van der Waals surface area contributed by atoms with E-state index in [1.807, 2.05) is 6.08 Å². The molecule has 0 radical (unpaired) electrons. The molecule has 1 aliphatic rings. The molecule has 1 heterocycles. The SMILES string of the molecule is CC(=O)OC/C=C(/C)CC[C@H]1OC1(C)C. The summed E-state index contributed by atoms with van der Waals surface area (Å²) in [6, 6.07) is 0. The number of hydrogen-bond acceptors (Lipinski definition) is 3. The minimum atomic E-state index is -0.231. The molecule has 1 saturated heterocycles. The fourth-order valence-corrected chi connectivity index (χ4v) is 1.50. The van der Waals surface area contributed by atoms with E-state index in [0.717, 1.165) is 12.8 Å². The van der Waals surface area contributed by atoms with Gasteiger partial charge in [0.2, 0.25) is 0 Å². The lowest BCUT2D eigenvalue weighted by atomic mass is 10.0. The number of allylic oxidation sites excluding steroid dienone is 1. The Morgan fingerprint density at radius 2 is 2.07 bits per heavy atom. The predicted molar refractivity (Wildman–Crippen MR) is 58.6 cm³/mol. The van der Waals surface area contributed by atoms with Gasteiger partial charge in [0, 0.05) is 6.92 Å². The van der Waals surface area contributed by atoms with Gasteiger partial charge in [0.05, 0.1) is 11.7 Å². The minimum absolute atomic E-state index is 0.0795. The van der Waals surface area contributed by atoms with Crippen LogP contribution < -0.4 is 0 Å². The number of hydrogen-bond donors (Lipinski definition) is 0. The summed E-state index contributed by atoms with van der Waals surface area (Å²) in [7, 11) is 0. The number of rotatable bonds is 5. The fourth-order valence-electron chi connectivity index (χ4n) is 1.50. The zero-order valence-electron chi connectivity index (χ0n) is 10.0. The summed E-state index contributed by atoms with van der Waals surface area (Å²) in [5, 5.41) is 0. The Morgan fingerprint density at radius 1 is 1.47 bits per heavy atom. The van der Waals surface area contributed by atoms with E-state index < -0.39 is 0 Å². The Morgan fingerprint density at radius 3 is 2.53 bits per heavy atom. The molecule has 86 valence electrons. The standard InChI is InChI=1S/C12H20O3/c1-9(7-8-14-10(2)13)5-6-11-12(3,4)15-11/h7,11H,5-6,8H2,1-4H3/b9-7-/t11-/m1/s1. The van der Waals surface area contributed by atoms with Gasteiger partial charge < -0.3 is 9.47 Å². The number of epoxide rings is 1. The molecule has 0 aromatic carbocycles. The minimum Gasteiger partial charge on any atom is -0.462 e. The van der Waals surface area contributed by atoms with Gasteiger partial charge in [0.1, 0.15) is 6.61 Å². The Bertz CT molecular complexity index is 266. The first kappa shape index (κ1) is 12.2. The predicted octanol–water partition coefficient (Wildman–Crippen LogP) is 2.45. The van der Waals surface area contributed by atoms with Crippen LogP contribution in [0.5, 0.6) is 0 Å². The molecule has 0 saturated carbocycles. The van der Waals surface area contributed by atoms with Crippen LogP contribution in [0, 0.1) is 0 Å². The summed E-state index contributed by atoms with van der Waals surface area (Å²) >= 11 is 0. The normalized spacial score (nSPS) is 23.7. The molecular formula is C12H20O3. The van der Waals surface area contributed by atoms with E-state index in [0.29, 0.717) is 12.7 Å². The van der Waals surface area contributed by atoms with Gasteiger partial charge in [0.25, 0.3) is 0 Å². The molecule has 0 N–H and O–H groups in total. The number of carbonyl (C=O) groups excluding carboxylic acids is 1. The van der Waals surface area contributed by atoms with Crippen molar-refractivity contribution in [1.29, 1.82) is 0 Å². The average Bonchev–Trinajstić information content (AvgIpc) is 2.70. The molecule has 1 rings (SSSR count). The van der Waals surface area contributed by atoms with Crippen molar-refractivity contribution in [1.82, 2.24) is 0 Å². The third kappa shape index (κ3) is 4.47. The van der Waals surface area contributed by atoms with Crippen LogP contribution in [0.15, 0.2) is 11.6 Å². The fraction of sp³-hybridized carbons (Fsp3) is 0.750. The highest BCUT2D eigenvalue weighted by Crippen LogP contribution is 2.38. The highest BCUT2D eigenvalue weighted by Gasteiger charge is 2.46. The van der Waals surface area contributed by atoms with Crippen LogP contribution >= 0.6 is 0 Å². The second-order valence-electron chi connectivity index (χ2n) is 4.60. The Hall–Kier alpha value is -0.830. The van der Waals surface area contributed by atoms with Gasteiger partial charge in [-0.2, -0.15) is 0 Å². The zero-order chi connectivity index (χ0) is 11.5. The van der Waals surface area contributed by atoms with Crippen molar-refractivity contribution in [3.63, 3.8) is 0 Å². The van der Waals surface area contributed by atoms with Gasteiger partial charge in [-0.25, -0.2) is 0 Å². The van der Waals surface area contributed by atoms with E-state index in [-0.39, 0.29) is 11.6 Å². The van der Waals surface area contributed by atoms with Crippen molar-refractivity contribution in [2.45, 2.75) is 52.2 Å². The van der Waals surface area contributed by atoms with Gasteiger partial charge in [-0.15, -0.1) is 0 Å². The third-order valence-electron chi connectivity index (χ3n) is 2.68. The van der Waals surface area contributed by atoms with Crippen LogP contribution in [-0.4, -0.2) is 24.3 Å². The first-order valence-corrected chi connectivity index (χ1v) is 5.38.